The third kappa shape index (κ3) is 6.77. The normalized spacial score (nSPS) is 20.6. The molecule has 0 spiro atoms. The molecule has 0 aromatic rings. The van der Waals surface area contributed by atoms with E-state index >= 15 is 0 Å². The largest absolute Gasteiger partial charge is 0.391 e. The predicted molar refractivity (Wildman–Crippen MR) is 73.1 cm³/mol. The van der Waals surface area contributed by atoms with E-state index in [0.717, 1.165) is 12.3 Å². The highest BCUT2D eigenvalue weighted by Crippen LogP contribution is 2.12. The molecule has 0 aliphatic carbocycles. The van der Waals surface area contributed by atoms with Gasteiger partial charge in [0.25, 0.3) is 0 Å². The maximum atomic E-state index is 9.93. The SMILES string of the molecule is CCCCSC[C@H](O)CN1CCCCCC1. The third-order valence-corrected chi connectivity index (χ3v) is 4.32. The van der Waals surface area contributed by atoms with E-state index in [9.17, 15) is 5.11 Å². The molecule has 1 atom stereocenters. The van der Waals surface area contributed by atoms with Gasteiger partial charge in [-0.05, 0) is 38.1 Å². The highest BCUT2D eigenvalue weighted by Gasteiger charge is 2.13. The molecule has 0 radical (unpaired) electrons. The van der Waals surface area contributed by atoms with Crippen molar-refractivity contribution in [2.45, 2.75) is 51.6 Å². The van der Waals surface area contributed by atoms with Crippen molar-refractivity contribution in [1.29, 1.82) is 0 Å². The van der Waals surface area contributed by atoms with Crippen molar-refractivity contribution < 1.29 is 5.11 Å². The standard InChI is InChI=1S/C13H27NOS/c1-2-3-10-16-12-13(15)11-14-8-6-4-5-7-9-14/h13,15H,2-12H2,1H3/t13-/m1/s1. The van der Waals surface area contributed by atoms with Crippen LogP contribution < -0.4 is 0 Å². The lowest BCUT2D eigenvalue weighted by Crippen LogP contribution is -2.34. The molecule has 0 bridgehead atoms. The minimum Gasteiger partial charge on any atom is -0.391 e. The number of nitrogens with zero attached hydrogens (tertiary/aromatic N) is 1. The average Bonchev–Trinajstić information content (AvgIpc) is 2.53. The Morgan fingerprint density at radius 1 is 1.19 bits per heavy atom. The van der Waals surface area contributed by atoms with Crippen molar-refractivity contribution >= 4 is 11.8 Å². The Bertz CT molecular complexity index is 158. The van der Waals surface area contributed by atoms with Gasteiger partial charge in [0.05, 0.1) is 6.10 Å². The van der Waals surface area contributed by atoms with Crippen molar-refractivity contribution in [2.75, 3.05) is 31.1 Å². The molecule has 3 heteroatoms. The molecule has 1 saturated heterocycles. The van der Waals surface area contributed by atoms with Gasteiger partial charge >= 0.3 is 0 Å². The van der Waals surface area contributed by atoms with Gasteiger partial charge < -0.3 is 10.0 Å². The van der Waals surface area contributed by atoms with E-state index in [1.54, 1.807) is 0 Å². The van der Waals surface area contributed by atoms with E-state index in [1.165, 1.54) is 57.4 Å². The Morgan fingerprint density at radius 2 is 1.88 bits per heavy atom. The summed E-state index contributed by atoms with van der Waals surface area (Å²) >= 11 is 1.90. The first-order valence-corrected chi connectivity index (χ1v) is 7.96. The fourth-order valence-corrected chi connectivity index (χ4v) is 3.17. The maximum absolute atomic E-state index is 9.93. The summed E-state index contributed by atoms with van der Waals surface area (Å²) in [5.74, 6) is 2.12. The van der Waals surface area contributed by atoms with Crippen molar-refractivity contribution in [1.82, 2.24) is 4.90 Å². The van der Waals surface area contributed by atoms with Gasteiger partial charge in [-0.25, -0.2) is 0 Å². The molecule has 0 unspecified atom stereocenters. The molecule has 1 aliphatic heterocycles. The van der Waals surface area contributed by atoms with Gasteiger partial charge in [-0.15, -0.1) is 0 Å². The van der Waals surface area contributed by atoms with E-state index in [1.807, 2.05) is 11.8 Å². The first kappa shape index (κ1) is 14.3. The summed E-state index contributed by atoms with van der Waals surface area (Å²) in [6.45, 7) is 5.49. The number of hydrogen-bond acceptors (Lipinski definition) is 3. The molecule has 1 N–H and O–H groups in total. The van der Waals surface area contributed by atoms with E-state index < -0.39 is 0 Å². The highest BCUT2D eigenvalue weighted by atomic mass is 32.2. The van der Waals surface area contributed by atoms with Gasteiger partial charge in [0.2, 0.25) is 0 Å². The van der Waals surface area contributed by atoms with Crippen molar-refractivity contribution in [3.63, 3.8) is 0 Å². The Morgan fingerprint density at radius 3 is 2.50 bits per heavy atom. The van der Waals surface area contributed by atoms with Crippen LogP contribution >= 0.6 is 11.8 Å². The molecule has 1 fully saturated rings. The number of rotatable bonds is 7. The minimum atomic E-state index is -0.125. The Balaban J connectivity index is 2.04. The number of likely N-dealkylation sites (tertiary alicyclic amines) is 1. The number of unbranched alkanes of at least 4 members (excludes halogenated alkanes) is 1. The number of aliphatic hydroxyl groups excluding tert-OH is 1. The molecule has 0 saturated carbocycles. The summed E-state index contributed by atoms with van der Waals surface area (Å²) in [6.07, 6.45) is 7.79. The van der Waals surface area contributed by atoms with Gasteiger partial charge in [-0.1, -0.05) is 26.2 Å². The molecule has 1 aliphatic rings. The summed E-state index contributed by atoms with van der Waals surface area (Å²) < 4.78 is 0. The first-order valence-electron chi connectivity index (χ1n) is 6.81. The molecular weight excluding hydrogens is 218 g/mol. The van der Waals surface area contributed by atoms with Crippen LogP contribution in [0.3, 0.4) is 0 Å². The van der Waals surface area contributed by atoms with Crippen LogP contribution in [-0.4, -0.2) is 47.3 Å². The van der Waals surface area contributed by atoms with Gasteiger partial charge in [-0.3, -0.25) is 0 Å². The van der Waals surface area contributed by atoms with Crippen LogP contribution in [0.5, 0.6) is 0 Å². The quantitative estimate of drug-likeness (QED) is 0.698. The predicted octanol–water partition coefficient (Wildman–Crippen LogP) is 2.76. The van der Waals surface area contributed by atoms with Crippen LogP contribution in [0.25, 0.3) is 0 Å². The summed E-state index contributed by atoms with van der Waals surface area (Å²) in [5, 5.41) is 9.93. The number of hydrogen-bond donors (Lipinski definition) is 1. The molecule has 1 rings (SSSR count). The minimum absolute atomic E-state index is 0.125. The summed E-state index contributed by atoms with van der Waals surface area (Å²) in [7, 11) is 0. The summed E-state index contributed by atoms with van der Waals surface area (Å²) in [5.41, 5.74) is 0. The monoisotopic (exact) mass is 245 g/mol. The number of aliphatic hydroxyl groups is 1. The zero-order valence-corrected chi connectivity index (χ0v) is 11.5. The highest BCUT2D eigenvalue weighted by molar-refractivity contribution is 7.99. The molecule has 96 valence electrons. The second-order valence-corrected chi connectivity index (χ2v) is 5.95. The van der Waals surface area contributed by atoms with Gasteiger partial charge in [0, 0.05) is 12.3 Å². The van der Waals surface area contributed by atoms with E-state index in [0.29, 0.717) is 0 Å². The van der Waals surface area contributed by atoms with Gasteiger partial charge in [-0.2, -0.15) is 11.8 Å². The Labute approximate surface area is 105 Å². The topological polar surface area (TPSA) is 23.5 Å². The molecule has 2 nitrogen and oxygen atoms in total. The molecule has 0 aromatic heterocycles. The number of thioether (sulfide) groups is 1. The van der Waals surface area contributed by atoms with Crippen LogP contribution in [-0.2, 0) is 0 Å². The maximum Gasteiger partial charge on any atom is 0.0757 e. The van der Waals surface area contributed by atoms with Crippen LogP contribution in [0.15, 0.2) is 0 Å². The Hall–Kier alpha value is 0.270. The fourth-order valence-electron chi connectivity index (χ4n) is 2.14. The van der Waals surface area contributed by atoms with Crippen molar-refractivity contribution in [3.05, 3.63) is 0 Å². The van der Waals surface area contributed by atoms with Gasteiger partial charge in [0.15, 0.2) is 0 Å². The van der Waals surface area contributed by atoms with Crippen LogP contribution in [0.4, 0.5) is 0 Å². The van der Waals surface area contributed by atoms with Crippen LogP contribution in [0, 0.1) is 0 Å². The average molecular weight is 245 g/mol. The molecule has 16 heavy (non-hydrogen) atoms. The molecule has 0 amide bonds. The van der Waals surface area contributed by atoms with Gasteiger partial charge in [0.1, 0.15) is 0 Å². The van der Waals surface area contributed by atoms with E-state index in [-0.39, 0.29) is 6.10 Å². The fraction of sp³-hybridized carbons (Fsp3) is 1.00. The number of β-amino-alcohol motifs (C(OH)–C–C–N with tert-alkyl or cyclic N) is 1. The lowest BCUT2D eigenvalue weighted by Gasteiger charge is -2.22. The lowest BCUT2D eigenvalue weighted by molar-refractivity contribution is 0.132. The van der Waals surface area contributed by atoms with Crippen molar-refractivity contribution in [3.8, 4) is 0 Å². The smallest absolute Gasteiger partial charge is 0.0757 e. The molecular formula is C13H27NOS. The van der Waals surface area contributed by atoms with Crippen molar-refractivity contribution in [2.24, 2.45) is 0 Å². The Kier molecular flexibility index (Phi) is 8.34. The zero-order valence-electron chi connectivity index (χ0n) is 10.7. The second kappa shape index (κ2) is 9.32. The summed E-state index contributed by atoms with van der Waals surface area (Å²) in [4.78, 5) is 2.44. The zero-order chi connectivity index (χ0) is 11.6. The van der Waals surface area contributed by atoms with E-state index in [4.69, 9.17) is 0 Å². The third-order valence-electron chi connectivity index (χ3n) is 3.12. The lowest BCUT2D eigenvalue weighted by atomic mass is 10.2. The molecule has 1 heterocycles. The second-order valence-electron chi connectivity index (χ2n) is 4.80. The summed E-state index contributed by atoms with van der Waals surface area (Å²) in [6, 6.07) is 0. The van der Waals surface area contributed by atoms with Crippen LogP contribution in [0.2, 0.25) is 0 Å². The van der Waals surface area contributed by atoms with Crippen LogP contribution in [0.1, 0.15) is 45.4 Å². The molecule has 0 aromatic carbocycles. The first-order chi connectivity index (χ1) is 7.83. The van der Waals surface area contributed by atoms with E-state index in [2.05, 4.69) is 11.8 Å².